The van der Waals surface area contributed by atoms with E-state index < -0.39 is 11.2 Å². The normalized spacial score (nSPS) is 12.2. The maximum atomic E-state index is 10.4. The van der Waals surface area contributed by atoms with E-state index >= 15 is 0 Å². The summed E-state index contributed by atoms with van der Waals surface area (Å²) in [4.78, 5) is 9.79. The molecule has 75 valence electrons. The van der Waals surface area contributed by atoms with Gasteiger partial charge in [-0.3, -0.25) is 10.1 Å². The van der Waals surface area contributed by atoms with Crippen molar-refractivity contribution in [1.29, 1.82) is 0 Å². The zero-order valence-electron chi connectivity index (χ0n) is 7.01. The molecule has 0 saturated heterocycles. The predicted octanol–water partition coefficient (Wildman–Crippen LogP) is 1.78. The molecule has 5 nitrogen and oxygen atoms in total. The van der Waals surface area contributed by atoms with E-state index in [0.29, 0.717) is 0 Å². The summed E-state index contributed by atoms with van der Waals surface area (Å²) in [6, 6.07) is 3.68. The molecule has 0 fully saturated rings. The second-order valence-corrected chi connectivity index (χ2v) is 2.85. The van der Waals surface area contributed by atoms with E-state index in [1.54, 1.807) is 0 Å². The SMILES string of the molecule is [CH2]C(O)Oc1cc([N+](=O)[O-])ccc1Cl. The Morgan fingerprint density at radius 2 is 2.29 bits per heavy atom. The number of benzene rings is 1. The summed E-state index contributed by atoms with van der Waals surface area (Å²) in [5.74, 6) is 0.0309. The Balaban J connectivity index is 3.02. The minimum absolute atomic E-state index is 0.0309. The lowest BCUT2D eigenvalue weighted by atomic mass is 10.3. The Bertz CT molecular complexity index is 353. The number of hydrogen-bond acceptors (Lipinski definition) is 4. The van der Waals surface area contributed by atoms with Crippen molar-refractivity contribution >= 4 is 17.3 Å². The minimum Gasteiger partial charge on any atom is -0.463 e. The van der Waals surface area contributed by atoms with Gasteiger partial charge in [0.1, 0.15) is 5.75 Å². The van der Waals surface area contributed by atoms with Gasteiger partial charge in [-0.15, -0.1) is 0 Å². The first-order valence-electron chi connectivity index (χ1n) is 3.62. The van der Waals surface area contributed by atoms with E-state index in [4.69, 9.17) is 21.4 Å². The molecule has 0 amide bonds. The third-order valence-corrected chi connectivity index (χ3v) is 1.70. The summed E-state index contributed by atoms with van der Waals surface area (Å²) < 4.78 is 4.74. The fourth-order valence-electron chi connectivity index (χ4n) is 0.842. The topological polar surface area (TPSA) is 72.6 Å². The second kappa shape index (κ2) is 4.26. The van der Waals surface area contributed by atoms with Gasteiger partial charge < -0.3 is 9.84 Å². The number of aliphatic hydroxyl groups excluding tert-OH is 1. The molecular formula is C8H7ClNO4. The number of aliphatic hydroxyl groups is 1. The molecule has 0 aliphatic rings. The number of rotatable bonds is 3. The zero-order valence-corrected chi connectivity index (χ0v) is 7.77. The van der Waals surface area contributed by atoms with Crippen molar-refractivity contribution in [2.45, 2.75) is 6.29 Å². The molecule has 0 saturated carbocycles. The minimum atomic E-state index is -1.31. The number of ether oxygens (including phenoxy) is 1. The van der Waals surface area contributed by atoms with E-state index in [9.17, 15) is 10.1 Å². The highest BCUT2D eigenvalue weighted by Crippen LogP contribution is 2.29. The van der Waals surface area contributed by atoms with Crippen molar-refractivity contribution in [3.63, 3.8) is 0 Å². The molecule has 1 aromatic carbocycles. The third kappa shape index (κ3) is 2.58. The van der Waals surface area contributed by atoms with Crippen molar-refractivity contribution in [2.24, 2.45) is 0 Å². The Morgan fingerprint density at radius 3 is 2.79 bits per heavy atom. The van der Waals surface area contributed by atoms with Crippen LogP contribution in [0, 0.1) is 17.0 Å². The van der Waals surface area contributed by atoms with Crippen LogP contribution in [0.25, 0.3) is 0 Å². The standard InChI is InChI=1S/C8H7ClNO4/c1-5(11)14-8-4-6(10(12)13)2-3-7(8)9/h2-5,11H,1H2. The van der Waals surface area contributed by atoms with Gasteiger partial charge in [-0.05, 0) is 6.07 Å². The Morgan fingerprint density at radius 1 is 1.64 bits per heavy atom. The zero-order chi connectivity index (χ0) is 10.7. The summed E-state index contributed by atoms with van der Waals surface area (Å²) in [7, 11) is 0. The maximum Gasteiger partial charge on any atom is 0.273 e. The Labute approximate surface area is 85.0 Å². The number of non-ortho nitro benzene ring substituents is 1. The summed E-state index contributed by atoms with van der Waals surface area (Å²) in [6.45, 7) is 3.15. The van der Waals surface area contributed by atoms with Crippen LogP contribution in [0.1, 0.15) is 0 Å². The average molecular weight is 217 g/mol. The highest BCUT2D eigenvalue weighted by atomic mass is 35.5. The molecule has 14 heavy (non-hydrogen) atoms. The summed E-state index contributed by atoms with van der Waals surface area (Å²) in [5.41, 5.74) is -0.162. The van der Waals surface area contributed by atoms with Crippen LogP contribution < -0.4 is 4.74 Å². The van der Waals surface area contributed by atoms with Crippen molar-refractivity contribution < 1.29 is 14.8 Å². The van der Waals surface area contributed by atoms with Crippen molar-refractivity contribution in [1.82, 2.24) is 0 Å². The number of nitro groups is 1. The first kappa shape index (κ1) is 10.7. The van der Waals surface area contributed by atoms with Gasteiger partial charge in [0.05, 0.1) is 16.0 Å². The largest absolute Gasteiger partial charge is 0.463 e. The van der Waals surface area contributed by atoms with Crippen LogP contribution in [-0.2, 0) is 0 Å². The lowest BCUT2D eigenvalue weighted by Gasteiger charge is -2.09. The van der Waals surface area contributed by atoms with E-state index in [1.807, 2.05) is 0 Å². The average Bonchev–Trinajstić information content (AvgIpc) is 2.07. The van der Waals surface area contributed by atoms with Gasteiger partial charge in [0.2, 0.25) is 0 Å². The molecular weight excluding hydrogens is 210 g/mol. The smallest absolute Gasteiger partial charge is 0.273 e. The monoisotopic (exact) mass is 216 g/mol. The molecule has 1 atom stereocenters. The van der Waals surface area contributed by atoms with Gasteiger partial charge in [-0.1, -0.05) is 11.6 Å². The fraction of sp³-hybridized carbons (Fsp3) is 0.125. The molecule has 1 aromatic rings. The van der Waals surface area contributed by atoms with Gasteiger partial charge in [-0.2, -0.15) is 0 Å². The number of nitrogens with zero attached hydrogens (tertiary/aromatic N) is 1. The van der Waals surface area contributed by atoms with Crippen LogP contribution >= 0.6 is 11.6 Å². The Kier molecular flexibility index (Phi) is 3.27. The molecule has 0 aliphatic heterocycles. The lowest BCUT2D eigenvalue weighted by molar-refractivity contribution is -0.385. The van der Waals surface area contributed by atoms with E-state index in [-0.39, 0.29) is 16.5 Å². The van der Waals surface area contributed by atoms with Crippen molar-refractivity contribution in [3.8, 4) is 5.75 Å². The van der Waals surface area contributed by atoms with Gasteiger partial charge in [0.25, 0.3) is 5.69 Å². The molecule has 0 aromatic heterocycles. The highest BCUT2D eigenvalue weighted by Gasteiger charge is 2.11. The van der Waals surface area contributed by atoms with E-state index in [0.717, 1.165) is 6.07 Å². The highest BCUT2D eigenvalue weighted by molar-refractivity contribution is 6.32. The maximum absolute atomic E-state index is 10.4. The van der Waals surface area contributed by atoms with Crippen LogP contribution in [0.15, 0.2) is 18.2 Å². The first-order chi connectivity index (χ1) is 6.50. The van der Waals surface area contributed by atoms with Gasteiger partial charge in [0.15, 0.2) is 6.29 Å². The molecule has 1 radical (unpaired) electrons. The van der Waals surface area contributed by atoms with Crippen LogP contribution in [-0.4, -0.2) is 16.3 Å². The van der Waals surface area contributed by atoms with Crippen LogP contribution in [0.5, 0.6) is 5.75 Å². The number of hydrogen-bond donors (Lipinski definition) is 1. The van der Waals surface area contributed by atoms with Crippen LogP contribution in [0.2, 0.25) is 5.02 Å². The number of nitro benzene ring substituents is 1. The molecule has 1 unspecified atom stereocenters. The molecule has 0 aliphatic carbocycles. The fourth-order valence-corrected chi connectivity index (χ4v) is 1.00. The summed E-state index contributed by atoms with van der Waals surface area (Å²) in [5, 5.41) is 19.4. The van der Waals surface area contributed by atoms with Crippen LogP contribution in [0.4, 0.5) is 5.69 Å². The predicted molar refractivity (Wildman–Crippen MR) is 50.1 cm³/mol. The first-order valence-corrected chi connectivity index (χ1v) is 4.00. The Hall–Kier alpha value is -1.33. The summed E-state index contributed by atoms with van der Waals surface area (Å²) >= 11 is 5.66. The molecule has 0 heterocycles. The molecule has 1 N–H and O–H groups in total. The van der Waals surface area contributed by atoms with Crippen LogP contribution in [0.3, 0.4) is 0 Å². The van der Waals surface area contributed by atoms with Crippen molar-refractivity contribution in [3.05, 3.63) is 40.3 Å². The van der Waals surface area contributed by atoms with Gasteiger partial charge in [-0.25, -0.2) is 0 Å². The summed E-state index contributed by atoms with van der Waals surface area (Å²) in [6.07, 6.45) is -1.31. The molecule has 0 bridgehead atoms. The third-order valence-electron chi connectivity index (χ3n) is 1.39. The molecule has 1 rings (SSSR count). The molecule has 6 heteroatoms. The lowest BCUT2D eigenvalue weighted by Crippen LogP contribution is -2.10. The van der Waals surface area contributed by atoms with Crippen molar-refractivity contribution in [2.75, 3.05) is 0 Å². The van der Waals surface area contributed by atoms with E-state index in [1.165, 1.54) is 12.1 Å². The van der Waals surface area contributed by atoms with E-state index in [2.05, 4.69) is 6.92 Å². The quantitative estimate of drug-likeness (QED) is 0.475. The number of halogens is 1. The van der Waals surface area contributed by atoms with Gasteiger partial charge in [0, 0.05) is 13.0 Å². The molecule has 0 spiro atoms. The van der Waals surface area contributed by atoms with Gasteiger partial charge >= 0.3 is 0 Å². The second-order valence-electron chi connectivity index (χ2n) is 2.44.